The molecule has 3 saturated heterocycles. The van der Waals surface area contributed by atoms with E-state index in [9.17, 15) is 19.5 Å². The van der Waals surface area contributed by atoms with Crippen LogP contribution in [0.15, 0.2) is 49.6 Å². The van der Waals surface area contributed by atoms with Crippen LogP contribution in [0.4, 0.5) is 5.69 Å². The number of ether oxygens (including phenoxy) is 1. The van der Waals surface area contributed by atoms with Crippen LogP contribution in [0.3, 0.4) is 0 Å². The maximum Gasteiger partial charge on any atom is 0.253 e. The van der Waals surface area contributed by atoms with Crippen molar-refractivity contribution in [2.75, 3.05) is 38.2 Å². The summed E-state index contributed by atoms with van der Waals surface area (Å²) < 4.78 is 6.83. The third kappa shape index (κ3) is 4.36. The van der Waals surface area contributed by atoms with Gasteiger partial charge in [0.25, 0.3) is 5.91 Å². The van der Waals surface area contributed by atoms with E-state index >= 15 is 0 Å². The number of para-hydroxylation sites is 1. The van der Waals surface area contributed by atoms with Gasteiger partial charge in [-0.15, -0.1) is 13.2 Å². The summed E-state index contributed by atoms with van der Waals surface area (Å²) in [5, 5.41) is 9.80. The van der Waals surface area contributed by atoms with Crippen LogP contribution in [-0.2, 0) is 19.1 Å². The van der Waals surface area contributed by atoms with Crippen LogP contribution < -0.4 is 4.90 Å². The molecule has 3 fully saturated rings. The van der Waals surface area contributed by atoms with Gasteiger partial charge in [-0.1, -0.05) is 42.8 Å². The summed E-state index contributed by atoms with van der Waals surface area (Å²) in [6.07, 6.45) is 5.95. The third-order valence-corrected chi connectivity index (χ3v) is 8.81. The lowest BCUT2D eigenvalue weighted by atomic mass is 9.64. The highest BCUT2D eigenvalue weighted by molar-refractivity contribution is 6.34. The van der Waals surface area contributed by atoms with Crippen molar-refractivity contribution in [3.63, 3.8) is 0 Å². The molecule has 2 bridgehead atoms. The van der Waals surface area contributed by atoms with E-state index in [4.69, 9.17) is 16.3 Å². The Morgan fingerprint density at radius 2 is 1.89 bits per heavy atom. The minimum atomic E-state index is -1.13. The molecule has 8 nitrogen and oxygen atoms in total. The molecule has 9 heteroatoms. The topological polar surface area (TPSA) is 90.4 Å². The van der Waals surface area contributed by atoms with Gasteiger partial charge in [-0.3, -0.25) is 14.4 Å². The van der Waals surface area contributed by atoms with Gasteiger partial charge in [0.15, 0.2) is 0 Å². The number of halogens is 1. The molecule has 1 N–H and O–H groups in total. The normalized spacial score (nSPS) is 29.3. The van der Waals surface area contributed by atoms with Crippen LogP contribution >= 0.6 is 11.6 Å². The number of hydrogen-bond acceptors (Lipinski definition) is 5. The zero-order chi connectivity index (χ0) is 27.7. The quantitative estimate of drug-likeness (QED) is 0.322. The molecule has 0 radical (unpaired) electrons. The van der Waals surface area contributed by atoms with E-state index in [1.54, 1.807) is 58.2 Å². The average Bonchev–Trinajstić information content (AvgIpc) is 3.51. The molecule has 3 heterocycles. The first-order valence-corrected chi connectivity index (χ1v) is 13.7. The number of fused-ring (bicyclic) bond motifs is 1. The molecule has 3 aliphatic heterocycles. The number of nitrogens with zero attached hydrogens (tertiary/aromatic N) is 3. The van der Waals surface area contributed by atoms with Crippen molar-refractivity contribution in [1.82, 2.24) is 9.80 Å². The molecule has 1 aromatic carbocycles. The summed E-state index contributed by atoms with van der Waals surface area (Å²) in [5.74, 6) is -2.17. The smallest absolute Gasteiger partial charge is 0.253 e. The maximum atomic E-state index is 14.5. The molecule has 0 aliphatic carbocycles. The van der Waals surface area contributed by atoms with Crippen LogP contribution in [0.25, 0.3) is 0 Å². The minimum absolute atomic E-state index is 0.0136. The molecule has 206 valence electrons. The molecule has 0 saturated carbocycles. The first-order valence-electron chi connectivity index (χ1n) is 13.4. The summed E-state index contributed by atoms with van der Waals surface area (Å²) in [4.78, 5) is 47.2. The molecular weight excluding hydrogens is 506 g/mol. The Bertz CT molecular complexity index is 1110. The monoisotopic (exact) mass is 543 g/mol. The number of benzene rings is 1. The van der Waals surface area contributed by atoms with Gasteiger partial charge in [0.2, 0.25) is 11.8 Å². The van der Waals surface area contributed by atoms with E-state index < -0.39 is 29.1 Å². The number of likely N-dealkylation sites (N-methyl/N-ethyl adjacent to an activating group) is 1. The molecule has 4 rings (SSSR count). The maximum absolute atomic E-state index is 14.5. The van der Waals surface area contributed by atoms with Gasteiger partial charge in [-0.05, 0) is 44.2 Å². The van der Waals surface area contributed by atoms with Gasteiger partial charge in [-0.25, -0.2) is 0 Å². The molecule has 1 spiro atoms. The Hall–Kier alpha value is -2.68. The summed E-state index contributed by atoms with van der Waals surface area (Å²) in [6.45, 7) is 10.4. The largest absolute Gasteiger partial charge is 0.396 e. The van der Waals surface area contributed by atoms with Crippen molar-refractivity contribution in [3.05, 3.63) is 54.6 Å². The van der Waals surface area contributed by atoms with Gasteiger partial charge >= 0.3 is 0 Å². The zero-order valence-corrected chi connectivity index (χ0v) is 23.0. The second-order valence-corrected chi connectivity index (χ2v) is 10.9. The number of aliphatic hydroxyl groups is 1. The number of amides is 3. The fourth-order valence-corrected chi connectivity index (χ4v) is 7.02. The number of aliphatic hydroxyl groups excluding tert-OH is 1. The molecule has 0 aromatic heterocycles. The predicted octanol–water partition coefficient (Wildman–Crippen LogP) is 3.43. The molecule has 3 amide bonds. The fraction of sp³-hybridized carbons (Fsp3) is 0.552. The Labute approximate surface area is 229 Å². The average molecular weight is 544 g/mol. The van der Waals surface area contributed by atoms with Crippen molar-refractivity contribution < 1.29 is 24.2 Å². The Morgan fingerprint density at radius 3 is 2.53 bits per heavy atom. The second kappa shape index (κ2) is 11.2. The molecule has 2 unspecified atom stereocenters. The summed E-state index contributed by atoms with van der Waals surface area (Å²) >= 11 is 6.51. The lowest BCUT2D eigenvalue weighted by Crippen LogP contribution is -2.56. The number of carbonyl (C=O) groups is 3. The van der Waals surface area contributed by atoms with Crippen molar-refractivity contribution in [3.8, 4) is 0 Å². The minimum Gasteiger partial charge on any atom is -0.396 e. The molecule has 3 aliphatic rings. The molecular formula is C29H38ClN3O5. The lowest BCUT2D eigenvalue weighted by molar-refractivity contribution is -0.150. The van der Waals surface area contributed by atoms with Gasteiger partial charge in [0.1, 0.15) is 11.6 Å². The van der Waals surface area contributed by atoms with Crippen molar-refractivity contribution in [1.29, 1.82) is 0 Å². The van der Waals surface area contributed by atoms with Crippen molar-refractivity contribution in [2.45, 2.75) is 56.3 Å². The number of anilines is 1. The fourth-order valence-electron chi connectivity index (χ4n) is 6.78. The van der Waals surface area contributed by atoms with Crippen LogP contribution in [0.2, 0.25) is 5.02 Å². The van der Waals surface area contributed by atoms with Crippen LogP contribution in [0.1, 0.15) is 39.0 Å². The van der Waals surface area contributed by atoms with E-state index in [1.807, 2.05) is 6.92 Å². The van der Waals surface area contributed by atoms with Crippen LogP contribution in [-0.4, -0.2) is 83.2 Å². The first-order chi connectivity index (χ1) is 18.2. The Kier molecular flexibility index (Phi) is 8.35. The zero-order valence-electron chi connectivity index (χ0n) is 22.3. The van der Waals surface area contributed by atoms with Gasteiger partial charge < -0.3 is 24.5 Å². The van der Waals surface area contributed by atoms with E-state index in [1.165, 1.54) is 0 Å². The number of unbranched alkanes of at least 4 members (excludes halogenated alkanes) is 1. The Balaban J connectivity index is 1.82. The number of likely N-dealkylation sites (tertiary alicyclic amines) is 1. The number of hydrogen-bond donors (Lipinski definition) is 1. The highest BCUT2D eigenvalue weighted by Gasteiger charge is 2.78. The lowest BCUT2D eigenvalue weighted by Gasteiger charge is -2.37. The predicted molar refractivity (Wildman–Crippen MR) is 147 cm³/mol. The highest BCUT2D eigenvalue weighted by atomic mass is 35.5. The summed E-state index contributed by atoms with van der Waals surface area (Å²) in [5.41, 5.74) is -1.41. The number of carbonyl (C=O) groups excluding carboxylic acids is 3. The second-order valence-electron chi connectivity index (χ2n) is 10.5. The third-order valence-electron chi connectivity index (χ3n) is 8.49. The van der Waals surface area contributed by atoms with E-state index in [0.29, 0.717) is 49.4 Å². The van der Waals surface area contributed by atoms with Gasteiger partial charge in [0, 0.05) is 33.3 Å². The van der Waals surface area contributed by atoms with Crippen molar-refractivity contribution >= 4 is 35.0 Å². The summed E-state index contributed by atoms with van der Waals surface area (Å²) in [7, 11) is 1.70. The van der Waals surface area contributed by atoms with Gasteiger partial charge in [-0.2, -0.15) is 0 Å². The molecule has 38 heavy (non-hydrogen) atoms. The first kappa shape index (κ1) is 28.3. The van der Waals surface area contributed by atoms with Gasteiger partial charge in [0.05, 0.1) is 28.1 Å². The van der Waals surface area contributed by atoms with E-state index in [-0.39, 0.29) is 37.4 Å². The van der Waals surface area contributed by atoms with Crippen LogP contribution in [0, 0.1) is 11.8 Å². The van der Waals surface area contributed by atoms with E-state index in [2.05, 4.69) is 13.2 Å². The number of rotatable bonds is 12. The molecule has 5 atom stereocenters. The SMILES string of the molecule is C=CCN(C)C(=O)[C@H]1[C@H]2C(=O)N(CCCCO)C(C(=O)N(CC=C)c3ccccc3Cl)C23CC[C@]1(CC)O3. The molecule has 1 aromatic rings. The van der Waals surface area contributed by atoms with Crippen LogP contribution in [0.5, 0.6) is 0 Å². The standard InChI is InChI=1S/C29H38ClN3O5/c1-5-16-31(4)25(35)22-23-26(36)33(18-10-11-19-34)24(29(23)15-14-28(22,7-3)38-29)27(37)32(17-6-2)21-13-9-8-12-20(21)30/h5-6,8-9,12-13,22-24,34H,1-2,7,10-11,14-19H2,3-4H3/t22-,23+,24?,28+,29?/m1/s1. The summed E-state index contributed by atoms with van der Waals surface area (Å²) in [6, 6.07) is 6.15. The van der Waals surface area contributed by atoms with Crippen molar-refractivity contribution in [2.24, 2.45) is 11.8 Å². The highest BCUT2D eigenvalue weighted by Crippen LogP contribution is 2.64. The Morgan fingerprint density at radius 1 is 1.18 bits per heavy atom. The van der Waals surface area contributed by atoms with E-state index in [0.717, 1.165) is 0 Å².